The Morgan fingerprint density at radius 2 is 1.40 bits per heavy atom. The molecule has 0 spiro atoms. The van der Waals surface area contributed by atoms with Crippen LogP contribution < -0.4 is 0 Å². The molecule has 1 heteroatoms. The molecule has 0 aromatic carbocycles. The summed E-state index contributed by atoms with van der Waals surface area (Å²) in [6.07, 6.45) is 13.0. The van der Waals surface area contributed by atoms with Gasteiger partial charge < -0.3 is 5.11 Å². The van der Waals surface area contributed by atoms with Crippen LogP contribution in [0.3, 0.4) is 0 Å². The SMILES string of the molecule is OCCCCC12CC3CC(CC(C3)C1)C2. The predicted molar refractivity (Wildman–Crippen MR) is 61.5 cm³/mol. The summed E-state index contributed by atoms with van der Waals surface area (Å²) < 4.78 is 0. The summed E-state index contributed by atoms with van der Waals surface area (Å²) >= 11 is 0. The summed E-state index contributed by atoms with van der Waals surface area (Å²) in [4.78, 5) is 0. The highest BCUT2D eigenvalue weighted by atomic mass is 16.2. The number of hydrogen-bond acceptors (Lipinski definition) is 1. The molecule has 4 rings (SSSR count). The Kier molecular flexibility index (Phi) is 2.54. The molecule has 0 heterocycles. The van der Waals surface area contributed by atoms with Crippen molar-refractivity contribution >= 4 is 0 Å². The molecule has 4 aliphatic carbocycles. The lowest BCUT2D eigenvalue weighted by Gasteiger charge is -2.57. The third-order valence-corrected chi connectivity index (χ3v) is 5.28. The van der Waals surface area contributed by atoms with Crippen molar-refractivity contribution < 1.29 is 5.11 Å². The van der Waals surface area contributed by atoms with Crippen LogP contribution in [0.5, 0.6) is 0 Å². The Morgan fingerprint density at radius 1 is 0.867 bits per heavy atom. The minimum Gasteiger partial charge on any atom is -0.396 e. The Bertz CT molecular complexity index is 198. The number of hydrogen-bond donors (Lipinski definition) is 1. The van der Waals surface area contributed by atoms with Gasteiger partial charge in [0.25, 0.3) is 0 Å². The molecule has 4 bridgehead atoms. The van der Waals surface area contributed by atoms with Gasteiger partial charge in [0.15, 0.2) is 0 Å². The number of rotatable bonds is 4. The van der Waals surface area contributed by atoms with Crippen molar-refractivity contribution in [2.75, 3.05) is 6.61 Å². The maximum atomic E-state index is 8.88. The van der Waals surface area contributed by atoms with Gasteiger partial charge in [0.2, 0.25) is 0 Å². The molecule has 1 N–H and O–H groups in total. The van der Waals surface area contributed by atoms with E-state index in [0.717, 1.165) is 29.6 Å². The molecule has 0 saturated heterocycles. The molecule has 0 unspecified atom stereocenters. The lowest BCUT2D eigenvalue weighted by Crippen LogP contribution is -2.45. The largest absolute Gasteiger partial charge is 0.396 e. The number of aliphatic hydroxyl groups is 1. The monoisotopic (exact) mass is 208 g/mol. The normalized spacial score (nSPS) is 47.4. The molecule has 1 nitrogen and oxygen atoms in total. The van der Waals surface area contributed by atoms with Gasteiger partial charge in [-0.05, 0) is 74.5 Å². The van der Waals surface area contributed by atoms with E-state index in [1.165, 1.54) is 32.1 Å². The van der Waals surface area contributed by atoms with Gasteiger partial charge in [-0.15, -0.1) is 0 Å². The molecule has 4 aliphatic rings. The molecule has 0 aromatic heterocycles. The number of unbranched alkanes of at least 4 members (excludes halogenated alkanes) is 1. The van der Waals surface area contributed by atoms with Crippen molar-refractivity contribution in [3.8, 4) is 0 Å². The average molecular weight is 208 g/mol. The molecule has 0 atom stereocenters. The van der Waals surface area contributed by atoms with Crippen LogP contribution in [-0.4, -0.2) is 11.7 Å². The minimum absolute atomic E-state index is 0.395. The van der Waals surface area contributed by atoms with E-state index < -0.39 is 0 Å². The fraction of sp³-hybridized carbons (Fsp3) is 1.00. The zero-order chi connectivity index (χ0) is 10.3. The molecular formula is C14H24O. The Labute approximate surface area is 93.3 Å². The molecule has 0 radical (unpaired) electrons. The second-order valence-corrected chi connectivity index (χ2v) is 6.60. The third kappa shape index (κ3) is 1.84. The quantitative estimate of drug-likeness (QED) is 0.702. The molecule has 86 valence electrons. The summed E-state index contributed by atoms with van der Waals surface area (Å²) in [5, 5.41) is 8.88. The fourth-order valence-electron chi connectivity index (χ4n) is 5.21. The van der Waals surface area contributed by atoms with E-state index in [1.807, 2.05) is 0 Å². The van der Waals surface area contributed by atoms with Gasteiger partial charge in [-0.2, -0.15) is 0 Å². The maximum absolute atomic E-state index is 8.88. The first-order valence-corrected chi connectivity index (χ1v) is 6.90. The lowest BCUT2D eigenvalue weighted by atomic mass is 9.48. The van der Waals surface area contributed by atoms with E-state index in [-0.39, 0.29) is 0 Å². The van der Waals surface area contributed by atoms with Gasteiger partial charge in [-0.1, -0.05) is 6.42 Å². The molecule has 4 saturated carbocycles. The van der Waals surface area contributed by atoms with Crippen molar-refractivity contribution in [3.05, 3.63) is 0 Å². The second kappa shape index (κ2) is 3.76. The van der Waals surface area contributed by atoms with Crippen LogP contribution >= 0.6 is 0 Å². The van der Waals surface area contributed by atoms with Crippen molar-refractivity contribution in [1.29, 1.82) is 0 Å². The Balaban J connectivity index is 1.65. The van der Waals surface area contributed by atoms with Gasteiger partial charge >= 0.3 is 0 Å². The van der Waals surface area contributed by atoms with Crippen LogP contribution in [0.15, 0.2) is 0 Å². The van der Waals surface area contributed by atoms with Gasteiger partial charge in [-0.25, -0.2) is 0 Å². The minimum atomic E-state index is 0.395. The Morgan fingerprint density at radius 3 is 1.87 bits per heavy atom. The first-order valence-electron chi connectivity index (χ1n) is 6.90. The van der Waals surface area contributed by atoms with E-state index in [2.05, 4.69) is 0 Å². The highest BCUT2D eigenvalue weighted by Crippen LogP contribution is 2.61. The van der Waals surface area contributed by atoms with Crippen molar-refractivity contribution in [2.24, 2.45) is 23.2 Å². The summed E-state index contributed by atoms with van der Waals surface area (Å²) in [6, 6.07) is 0. The average Bonchev–Trinajstić information content (AvgIpc) is 2.15. The first kappa shape index (κ1) is 10.1. The van der Waals surface area contributed by atoms with Crippen LogP contribution in [0.4, 0.5) is 0 Å². The van der Waals surface area contributed by atoms with Crippen molar-refractivity contribution in [2.45, 2.75) is 57.8 Å². The van der Waals surface area contributed by atoms with E-state index in [0.29, 0.717) is 6.61 Å². The van der Waals surface area contributed by atoms with Crippen molar-refractivity contribution in [1.82, 2.24) is 0 Å². The molecule has 4 fully saturated rings. The predicted octanol–water partition coefficient (Wildman–Crippen LogP) is 3.37. The second-order valence-electron chi connectivity index (χ2n) is 6.60. The molecule has 0 amide bonds. The molecule has 0 aromatic rings. The highest BCUT2D eigenvalue weighted by molar-refractivity contribution is 5.01. The standard InChI is InChI=1S/C14H24O/c15-4-2-1-3-14-8-11-5-12(9-14)7-13(6-11)10-14/h11-13,15H,1-10H2. The van der Waals surface area contributed by atoms with E-state index >= 15 is 0 Å². The van der Waals surface area contributed by atoms with Crippen LogP contribution in [0, 0.1) is 23.2 Å². The van der Waals surface area contributed by atoms with Crippen LogP contribution in [0.25, 0.3) is 0 Å². The topological polar surface area (TPSA) is 20.2 Å². The highest BCUT2D eigenvalue weighted by Gasteiger charge is 2.50. The zero-order valence-electron chi connectivity index (χ0n) is 9.75. The van der Waals surface area contributed by atoms with Crippen molar-refractivity contribution in [3.63, 3.8) is 0 Å². The van der Waals surface area contributed by atoms with Gasteiger partial charge in [0.05, 0.1) is 0 Å². The van der Waals surface area contributed by atoms with Gasteiger partial charge in [0.1, 0.15) is 0 Å². The first-order chi connectivity index (χ1) is 7.30. The van der Waals surface area contributed by atoms with E-state index in [4.69, 9.17) is 5.11 Å². The van der Waals surface area contributed by atoms with E-state index in [1.54, 1.807) is 19.3 Å². The van der Waals surface area contributed by atoms with Gasteiger partial charge in [-0.3, -0.25) is 0 Å². The van der Waals surface area contributed by atoms with E-state index in [9.17, 15) is 0 Å². The maximum Gasteiger partial charge on any atom is 0.0431 e. The third-order valence-electron chi connectivity index (χ3n) is 5.28. The summed E-state index contributed by atoms with van der Waals surface area (Å²) in [7, 11) is 0. The number of aliphatic hydroxyl groups excluding tert-OH is 1. The summed E-state index contributed by atoms with van der Waals surface area (Å²) in [5.74, 6) is 3.26. The van der Waals surface area contributed by atoms with Crippen LogP contribution in [0.2, 0.25) is 0 Å². The Hall–Kier alpha value is -0.0400. The molecule has 15 heavy (non-hydrogen) atoms. The molecule has 0 aliphatic heterocycles. The van der Waals surface area contributed by atoms with Crippen LogP contribution in [-0.2, 0) is 0 Å². The molecular weight excluding hydrogens is 184 g/mol. The lowest BCUT2D eigenvalue weighted by molar-refractivity contribution is -0.0586. The zero-order valence-corrected chi connectivity index (χ0v) is 9.75. The smallest absolute Gasteiger partial charge is 0.0431 e. The summed E-state index contributed by atoms with van der Waals surface area (Å²) in [5.41, 5.74) is 0.740. The fourth-order valence-corrected chi connectivity index (χ4v) is 5.21. The summed E-state index contributed by atoms with van der Waals surface area (Å²) in [6.45, 7) is 0.395. The van der Waals surface area contributed by atoms with Gasteiger partial charge in [0, 0.05) is 6.61 Å². The van der Waals surface area contributed by atoms with Crippen LogP contribution in [0.1, 0.15) is 57.8 Å².